The van der Waals surface area contributed by atoms with Crippen molar-refractivity contribution < 1.29 is 23.6 Å². The van der Waals surface area contributed by atoms with Gasteiger partial charge in [-0.1, -0.05) is 12.1 Å². The Morgan fingerprint density at radius 1 is 1.20 bits per heavy atom. The molecule has 8 heteroatoms. The van der Waals surface area contributed by atoms with Crippen LogP contribution >= 0.6 is 0 Å². The van der Waals surface area contributed by atoms with Gasteiger partial charge in [0.05, 0.1) is 0 Å². The Hall–Kier alpha value is -2.77. The van der Waals surface area contributed by atoms with Crippen LogP contribution in [0.2, 0.25) is 0 Å². The fourth-order valence-electron chi connectivity index (χ4n) is 2.58. The van der Waals surface area contributed by atoms with Gasteiger partial charge >= 0.3 is 17.8 Å². The summed E-state index contributed by atoms with van der Waals surface area (Å²) in [5, 5.41) is 0. The van der Waals surface area contributed by atoms with E-state index in [2.05, 4.69) is 0 Å². The molecule has 0 atom stereocenters. The molecule has 1 aromatic rings. The Balaban J connectivity index is 2.10. The Morgan fingerprint density at radius 2 is 1.88 bits per heavy atom. The molecular formula is C17H20FN3O4. The molecule has 0 radical (unpaired) electrons. The van der Waals surface area contributed by atoms with Gasteiger partial charge in [-0.05, 0) is 38.5 Å². The fourth-order valence-corrected chi connectivity index (χ4v) is 2.58. The summed E-state index contributed by atoms with van der Waals surface area (Å²) in [6.07, 6.45) is 0. The van der Waals surface area contributed by atoms with Gasteiger partial charge in [0.2, 0.25) is 5.91 Å². The van der Waals surface area contributed by atoms with Crippen LogP contribution in [0, 0.1) is 5.82 Å². The van der Waals surface area contributed by atoms with Crippen molar-refractivity contribution in [2.75, 3.05) is 13.1 Å². The maximum atomic E-state index is 13.3. The van der Waals surface area contributed by atoms with Crippen molar-refractivity contribution in [3.63, 3.8) is 0 Å². The van der Waals surface area contributed by atoms with Crippen molar-refractivity contribution in [1.29, 1.82) is 0 Å². The van der Waals surface area contributed by atoms with E-state index < -0.39 is 42.2 Å². The van der Waals surface area contributed by atoms with Crippen LogP contribution in [-0.2, 0) is 20.9 Å². The van der Waals surface area contributed by atoms with Crippen molar-refractivity contribution in [3.8, 4) is 0 Å². The van der Waals surface area contributed by atoms with Gasteiger partial charge in [0.15, 0.2) is 0 Å². The Labute approximate surface area is 145 Å². The number of halogens is 1. The maximum absolute atomic E-state index is 13.3. The first-order valence-corrected chi connectivity index (χ1v) is 7.97. The number of carbonyl (C=O) groups excluding carboxylic acids is 4. The third kappa shape index (κ3) is 3.84. The zero-order chi connectivity index (χ0) is 18.7. The van der Waals surface area contributed by atoms with Crippen LogP contribution in [0.15, 0.2) is 24.3 Å². The first-order chi connectivity index (χ1) is 11.8. The Morgan fingerprint density at radius 3 is 2.40 bits per heavy atom. The lowest BCUT2D eigenvalue weighted by Crippen LogP contribution is -2.44. The van der Waals surface area contributed by atoms with Gasteiger partial charge in [-0.2, -0.15) is 0 Å². The molecule has 1 aromatic carbocycles. The van der Waals surface area contributed by atoms with E-state index in [0.29, 0.717) is 17.0 Å². The molecule has 1 fully saturated rings. The minimum atomic E-state index is -1.01. The number of hydrogen-bond acceptors (Lipinski definition) is 4. The van der Waals surface area contributed by atoms with E-state index in [1.54, 1.807) is 26.8 Å². The first kappa shape index (κ1) is 18.6. The number of urea groups is 1. The second kappa shape index (κ2) is 7.42. The number of carbonyl (C=O) groups is 4. The summed E-state index contributed by atoms with van der Waals surface area (Å²) in [5.41, 5.74) is 0.592. The molecule has 0 unspecified atom stereocenters. The fraction of sp³-hybridized carbons (Fsp3) is 0.412. The van der Waals surface area contributed by atoms with Gasteiger partial charge in [0, 0.05) is 19.1 Å². The van der Waals surface area contributed by atoms with Gasteiger partial charge < -0.3 is 4.90 Å². The van der Waals surface area contributed by atoms with Gasteiger partial charge in [0.25, 0.3) is 0 Å². The molecule has 0 aromatic heterocycles. The number of nitrogens with zero attached hydrogens (tertiary/aromatic N) is 3. The van der Waals surface area contributed by atoms with Crippen LogP contribution in [0.3, 0.4) is 0 Å². The third-order valence-electron chi connectivity index (χ3n) is 3.89. The lowest BCUT2D eigenvalue weighted by molar-refractivity contribution is -0.145. The van der Waals surface area contributed by atoms with Gasteiger partial charge in [-0.25, -0.2) is 14.1 Å². The molecule has 5 amide bonds. The topological polar surface area (TPSA) is 78.0 Å². The predicted molar refractivity (Wildman–Crippen MR) is 86.6 cm³/mol. The summed E-state index contributed by atoms with van der Waals surface area (Å²) in [7, 11) is 0. The molecule has 0 bridgehead atoms. The standard InChI is InChI=1S/C17H20FN3O4/c1-4-19(9-12-6-5-7-13(18)8-12)14(22)10-20-15(23)16(24)21(11(2)3)17(20)25/h5-8,11H,4,9-10H2,1-3H3. The second-order valence-corrected chi connectivity index (χ2v) is 5.98. The highest BCUT2D eigenvalue weighted by atomic mass is 19.1. The normalized spacial score (nSPS) is 14.7. The highest BCUT2D eigenvalue weighted by Crippen LogP contribution is 2.16. The molecule has 134 valence electrons. The Bertz CT molecular complexity index is 720. The molecule has 0 N–H and O–H groups in total. The van der Waals surface area contributed by atoms with Crippen LogP contribution in [0.25, 0.3) is 0 Å². The SMILES string of the molecule is CCN(Cc1cccc(F)c1)C(=O)CN1C(=O)C(=O)N(C(C)C)C1=O. The summed E-state index contributed by atoms with van der Waals surface area (Å²) in [4.78, 5) is 51.4. The van der Waals surface area contributed by atoms with E-state index in [0.717, 1.165) is 4.90 Å². The largest absolute Gasteiger partial charge is 0.337 e. The third-order valence-corrected chi connectivity index (χ3v) is 3.89. The lowest BCUT2D eigenvalue weighted by atomic mass is 10.2. The molecule has 1 aliphatic heterocycles. The summed E-state index contributed by atoms with van der Waals surface area (Å²) >= 11 is 0. The van der Waals surface area contributed by atoms with E-state index in [9.17, 15) is 23.6 Å². The highest BCUT2D eigenvalue weighted by Gasteiger charge is 2.46. The summed E-state index contributed by atoms with van der Waals surface area (Å²) in [6, 6.07) is 4.56. The lowest BCUT2D eigenvalue weighted by Gasteiger charge is -2.24. The van der Waals surface area contributed by atoms with E-state index in [4.69, 9.17) is 0 Å². The van der Waals surface area contributed by atoms with Crippen molar-refractivity contribution in [2.24, 2.45) is 0 Å². The number of hydrogen-bond donors (Lipinski definition) is 0. The quantitative estimate of drug-likeness (QED) is 0.574. The van der Waals surface area contributed by atoms with Crippen molar-refractivity contribution in [3.05, 3.63) is 35.6 Å². The number of amides is 5. The maximum Gasteiger partial charge on any atom is 0.334 e. The van der Waals surface area contributed by atoms with Crippen LogP contribution in [-0.4, -0.2) is 57.6 Å². The molecule has 0 spiro atoms. The van der Waals surface area contributed by atoms with Crippen molar-refractivity contribution >= 4 is 23.8 Å². The van der Waals surface area contributed by atoms with Crippen LogP contribution in [0.1, 0.15) is 26.3 Å². The number of likely N-dealkylation sites (N-methyl/N-ethyl adjacent to an activating group) is 1. The average molecular weight is 349 g/mol. The van der Waals surface area contributed by atoms with Gasteiger partial charge in [-0.3, -0.25) is 19.3 Å². The minimum absolute atomic E-state index is 0.144. The number of rotatable bonds is 6. The minimum Gasteiger partial charge on any atom is -0.337 e. The second-order valence-electron chi connectivity index (χ2n) is 5.98. The van der Waals surface area contributed by atoms with Crippen LogP contribution in [0.5, 0.6) is 0 Å². The molecule has 25 heavy (non-hydrogen) atoms. The zero-order valence-electron chi connectivity index (χ0n) is 14.4. The summed E-state index contributed by atoms with van der Waals surface area (Å²) in [5.74, 6) is -2.84. The van der Waals surface area contributed by atoms with E-state index in [1.807, 2.05) is 0 Å². The van der Waals surface area contributed by atoms with Crippen LogP contribution in [0.4, 0.5) is 9.18 Å². The predicted octanol–water partition coefficient (Wildman–Crippen LogP) is 1.37. The molecule has 2 rings (SSSR count). The van der Waals surface area contributed by atoms with E-state index in [1.165, 1.54) is 23.1 Å². The summed E-state index contributed by atoms with van der Waals surface area (Å²) in [6.45, 7) is 4.89. The average Bonchev–Trinajstić information content (AvgIpc) is 2.76. The molecular weight excluding hydrogens is 329 g/mol. The number of benzene rings is 1. The highest BCUT2D eigenvalue weighted by molar-refractivity contribution is 6.45. The first-order valence-electron chi connectivity index (χ1n) is 7.97. The van der Waals surface area contributed by atoms with Crippen LogP contribution < -0.4 is 0 Å². The molecule has 1 saturated heterocycles. The molecule has 0 saturated carbocycles. The summed E-state index contributed by atoms with van der Waals surface area (Å²) < 4.78 is 13.3. The van der Waals surface area contributed by atoms with E-state index in [-0.39, 0.29) is 6.54 Å². The van der Waals surface area contributed by atoms with Gasteiger partial charge in [-0.15, -0.1) is 0 Å². The van der Waals surface area contributed by atoms with Crippen molar-refractivity contribution in [2.45, 2.75) is 33.4 Å². The number of imide groups is 2. The monoisotopic (exact) mass is 349 g/mol. The molecule has 1 aliphatic rings. The zero-order valence-corrected chi connectivity index (χ0v) is 14.4. The van der Waals surface area contributed by atoms with Gasteiger partial charge in [0.1, 0.15) is 12.4 Å². The smallest absolute Gasteiger partial charge is 0.334 e. The Kier molecular flexibility index (Phi) is 5.51. The van der Waals surface area contributed by atoms with Crippen molar-refractivity contribution in [1.82, 2.24) is 14.7 Å². The molecule has 7 nitrogen and oxygen atoms in total. The molecule has 1 heterocycles. The molecule has 0 aliphatic carbocycles. The van der Waals surface area contributed by atoms with E-state index >= 15 is 0 Å².